The maximum absolute atomic E-state index is 12.5. The van der Waals surface area contributed by atoms with Gasteiger partial charge in [-0.1, -0.05) is 18.2 Å². The van der Waals surface area contributed by atoms with E-state index in [0.717, 1.165) is 44.8 Å². The van der Waals surface area contributed by atoms with Crippen molar-refractivity contribution in [2.45, 2.75) is 19.6 Å². The topological polar surface area (TPSA) is 91.2 Å². The summed E-state index contributed by atoms with van der Waals surface area (Å²) in [5.74, 6) is 1.90. The number of nitrogens with zero attached hydrogens (tertiary/aromatic N) is 1. The second kappa shape index (κ2) is 9.60. The predicted octanol–water partition coefficient (Wildman–Crippen LogP) is 4.42. The van der Waals surface area contributed by atoms with Crippen LogP contribution >= 0.6 is 0 Å². The van der Waals surface area contributed by atoms with Gasteiger partial charge in [0.05, 0.1) is 19.7 Å². The van der Waals surface area contributed by atoms with Crippen LogP contribution in [0, 0.1) is 0 Å². The van der Waals surface area contributed by atoms with Crippen LogP contribution in [-0.2, 0) is 19.6 Å². The summed E-state index contributed by atoms with van der Waals surface area (Å²) in [5.41, 5.74) is 3.77. The van der Waals surface area contributed by atoms with Gasteiger partial charge in [0, 0.05) is 36.7 Å². The Morgan fingerprint density at radius 2 is 1.63 bits per heavy atom. The Morgan fingerprint density at radius 1 is 0.914 bits per heavy atom. The average molecular weight is 475 g/mol. The number of fused-ring (bicyclic) bond motifs is 2. The Balaban J connectivity index is 1.48. The number of nitrogens with one attached hydrogen (secondary N) is 1. The Hall–Kier alpha value is -4.17. The molecule has 3 aromatic carbocycles. The SMILES string of the molecule is COc1ccc(Cn2c(C(=O)O)c(CNCc3ccc4c(c3)OCO4)c3ccc(OC)cc32)cc1. The van der Waals surface area contributed by atoms with Crippen LogP contribution in [0.2, 0.25) is 0 Å². The summed E-state index contributed by atoms with van der Waals surface area (Å²) >= 11 is 0. The minimum Gasteiger partial charge on any atom is -0.497 e. The molecule has 0 aliphatic carbocycles. The molecule has 2 heterocycles. The Labute approximate surface area is 202 Å². The highest BCUT2D eigenvalue weighted by atomic mass is 16.7. The number of hydrogen-bond donors (Lipinski definition) is 2. The number of aromatic carboxylic acids is 1. The first-order valence-electron chi connectivity index (χ1n) is 11.2. The monoisotopic (exact) mass is 474 g/mol. The quantitative estimate of drug-likeness (QED) is 0.371. The molecule has 0 saturated carbocycles. The van der Waals surface area contributed by atoms with E-state index in [9.17, 15) is 9.90 Å². The summed E-state index contributed by atoms with van der Waals surface area (Å²) in [7, 11) is 3.22. The van der Waals surface area contributed by atoms with Crippen LogP contribution in [0.1, 0.15) is 27.2 Å². The molecule has 4 aromatic rings. The van der Waals surface area contributed by atoms with Gasteiger partial charge < -0.3 is 33.9 Å². The van der Waals surface area contributed by atoms with Gasteiger partial charge in [0.1, 0.15) is 17.2 Å². The number of benzene rings is 3. The van der Waals surface area contributed by atoms with Gasteiger partial charge in [0.2, 0.25) is 6.79 Å². The molecule has 1 aliphatic rings. The van der Waals surface area contributed by atoms with Crippen LogP contribution < -0.4 is 24.3 Å². The van der Waals surface area contributed by atoms with Crippen LogP contribution in [0.3, 0.4) is 0 Å². The lowest BCUT2D eigenvalue weighted by atomic mass is 10.1. The maximum Gasteiger partial charge on any atom is 0.352 e. The van der Waals surface area contributed by atoms with E-state index in [1.807, 2.05) is 65.2 Å². The summed E-state index contributed by atoms with van der Waals surface area (Å²) < 4.78 is 23.3. The summed E-state index contributed by atoms with van der Waals surface area (Å²) in [6, 6.07) is 19.1. The molecule has 0 radical (unpaired) electrons. The molecule has 180 valence electrons. The second-order valence-corrected chi connectivity index (χ2v) is 8.24. The first-order chi connectivity index (χ1) is 17.1. The van der Waals surface area contributed by atoms with E-state index in [1.165, 1.54) is 0 Å². The van der Waals surface area contributed by atoms with Crippen LogP contribution in [-0.4, -0.2) is 36.7 Å². The van der Waals surface area contributed by atoms with Crippen molar-refractivity contribution in [3.63, 3.8) is 0 Å². The van der Waals surface area contributed by atoms with Crippen LogP contribution in [0.25, 0.3) is 10.9 Å². The molecule has 0 saturated heterocycles. The van der Waals surface area contributed by atoms with E-state index in [2.05, 4.69) is 5.32 Å². The molecule has 0 spiro atoms. The predicted molar refractivity (Wildman–Crippen MR) is 131 cm³/mol. The molecule has 0 unspecified atom stereocenters. The average Bonchev–Trinajstić information content (AvgIpc) is 3.46. The number of rotatable bonds is 9. The van der Waals surface area contributed by atoms with Crippen molar-refractivity contribution < 1.29 is 28.8 Å². The number of aromatic nitrogens is 1. The molecule has 1 aliphatic heterocycles. The third-order valence-electron chi connectivity index (χ3n) is 6.15. The van der Waals surface area contributed by atoms with Gasteiger partial charge >= 0.3 is 5.97 Å². The zero-order valence-electron chi connectivity index (χ0n) is 19.5. The van der Waals surface area contributed by atoms with E-state index in [0.29, 0.717) is 25.4 Å². The molecule has 5 rings (SSSR count). The lowest BCUT2D eigenvalue weighted by Gasteiger charge is -2.11. The molecule has 1 aromatic heterocycles. The molecule has 8 nitrogen and oxygen atoms in total. The Bertz CT molecular complexity index is 1380. The molecule has 2 N–H and O–H groups in total. The number of carbonyl (C=O) groups is 1. The Morgan fingerprint density at radius 3 is 2.37 bits per heavy atom. The summed E-state index contributed by atoms with van der Waals surface area (Å²) in [5, 5.41) is 14.5. The zero-order chi connectivity index (χ0) is 24.4. The summed E-state index contributed by atoms with van der Waals surface area (Å²) in [4.78, 5) is 12.5. The van der Waals surface area contributed by atoms with Crippen LogP contribution in [0.5, 0.6) is 23.0 Å². The molecular weight excluding hydrogens is 448 g/mol. The number of ether oxygens (including phenoxy) is 4. The van der Waals surface area contributed by atoms with E-state index >= 15 is 0 Å². The normalized spacial score (nSPS) is 12.2. The minimum atomic E-state index is -0.978. The summed E-state index contributed by atoms with van der Waals surface area (Å²) in [6.45, 7) is 1.56. The zero-order valence-corrected chi connectivity index (χ0v) is 19.5. The van der Waals surface area contributed by atoms with E-state index in [-0.39, 0.29) is 12.5 Å². The van der Waals surface area contributed by atoms with Gasteiger partial charge in [0.25, 0.3) is 0 Å². The van der Waals surface area contributed by atoms with Gasteiger partial charge in [-0.3, -0.25) is 0 Å². The molecule has 0 bridgehead atoms. The first kappa shape index (κ1) is 22.6. The molecule has 0 amide bonds. The summed E-state index contributed by atoms with van der Waals surface area (Å²) in [6.07, 6.45) is 0. The molecule has 35 heavy (non-hydrogen) atoms. The van der Waals surface area contributed by atoms with Crippen molar-refractivity contribution in [3.8, 4) is 23.0 Å². The first-order valence-corrected chi connectivity index (χ1v) is 11.2. The molecule has 8 heteroatoms. The molecule has 0 atom stereocenters. The van der Waals surface area contributed by atoms with Crippen molar-refractivity contribution in [1.29, 1.82) is 0 Å². The van der Waals surface area contributed by atoms with Gasteiger partial charge in [-0.05, 0) is 47.5 Å². The van der Waals surface area contributed by atoms with Crippen molar-refractivity contribution in [2.75, 3.05) is 21.0 Å². The van der Waals surface area contributed by atoms with Crippen LogP contribution in [0.15, 0.2) is 60.7 Å². The highest BCUT2D eigenvalue weighted by Crippen LogP contribution is 2.33. The van der Waals surface area contributed by atoms with Gasteiger partial charge in [-0.15, -0.1) is 0 Å². The fourth-order valence-corrected chi connectivity index (χ4v) is 4.41. The Kier molecular flexibility index (Phi) is 6.20. The number of hydrogen-bond acceptors (Lipinski definition) is 6. The van der Waals surface area contributed by atoms with E-state index in [4.69, 9.17) is 18.9 Å². The smallest absolute Gasteiger partial charge is 0.352 e. The van der Waals surface area contributed by atoms with E-state index < -0.39 is 5.97 Å². The minimum absolute atomic E-state index is 0.228. The van der Waals surface area contributed by atoms with E-state index in [1.54, 1.807) is 14.2 Å². The third-order valence-corrected chi connectivity index (χ3v) is 6.15. The van der Waals surface area contributed by atoms with Crippen LogP contribution in [0.4, 0.5) is 0 Å². The lowest BCUT2D eigenvalue weighted by Crippen LogP contribution is -2.17. The van der Waals surface area contributed by atoms with Gasteiger partial charge in [-0.25, -0.2) is 4.79 Å². The number of carboxylic acids is 1. The fraction of sp³-hybridized carbons (Fsp3) is 0.222. The standard InChI is InChI=1S/C27H26N2O6/c1-32-19-6-3-17(4-7-19)15-29-23-12-20(33-2)8-9-21(23)22(26(29)27(30)31)14-28-13-18-5-10-24-25(11-18)35-16-34-24/h3-12,28H,13-16H2,1-2H3,(H,30,31). The highest BCUT2D eigenvalue weighted by molar-refractivity contribution is 5.98. The van der Waals surface area contributed by atoms with Gasteiger partial charge in [0.15, 0.2) is 11.5 Å². The van der Waals surface area contributed by atoms with Crippen molar-refractivity contribution in [2.24, 2.45) is 0 Å². The fourth-order valence-electron chi connectivity index (χ4n) is 4.41. The number of carboxylic acid groups (broad SMARTS) is 1. The van der Waals surface area contributed by atoms with Gasteiger partial charge in [-0.2, -0.15) is 0 Å². The van der Waals surface area contributed by atoms with Crippen molar-refractivity contribution in [3.05, 3.63) is 83.0 Å². The van der Waals surface area contributed by atoms with Crippen molar-refractivity contribution in [1.82, 2.24) is 9.88 Å². The van der Waals surface area contributed by atoms with Crippen molar-refractivity contribution >= 4 is 16.9 Å². The highest BCUT2D eigenvalue weighted by Gasteiger charge is 2.23. The molecular formula is C27H26N2O6. The lowest BCUT2D eigenvalue weighted by molar-refractivity contribution is 0.0684. The second-order valence-electron chi connectivity index (χ2n) is 8.24. The molecule has 0 fully saturated rings. The largest absolute Gasteiger partial charge is 0.497 e. The maximum atomic E-state index is 12.5. The number of methoxy groups -OCH3 is 2. The third kappa shape index (κ3) is 4.48.